The zero-order valence-corrected chi connectivity index (χ0v) is 23.0. The maximum atomic E-state index is 13.5. The van der Waals surface area contributed by atoms with Crippen LogP contribution in [0, 0.1) is 0 Å². The molecular formula is C29H32ClN3O4S. The van der Waals surface area contributed by atoms with Gasteiger partial charge in [-0.3, -0.25) is 13.9 Å². The fraction of sp³-hybridized carbons (Fsp3) is 0.379. The molecule has 0 aromatic heterocycles. The van der Waals surface area contributed by atoms with E-state index in [9.17, 15) is 18.0 Å². The van der Waals surface area contributed by atoms with Gasteiger partial charge in [-0.05, 0) is 61.4 Å². The summed E-state index contributed by atoms with van der Waals surface area (Å²) in [6.07, 6.45) is 4.57. The van der Waals surface area contributed by atoms with E-state index >= 15 is 0 Å². The van der Waals surface area contributed by atoms with Gasteiger partial charge in [0.15, 0.2) is 0 Å². The van der Waals surface area contributed by atoms with Crippen LogP contribution >= 0.6 is 11.6 Å². The molecule has 1 saturated carbocycles. The number of carbonyl (C=O) groups excluding carboxylic acids is 2. The summed E-state index contributed by atoms with van der Waals surface area (Å²) in [5.41, 5.74) is 1.51. The highest BCUT2D eigenvalue weighted by molar-refractivity contribution is 7.93. The lowest BCUT2D eigenvalue weighted by Crippen LogP contribution is -2.49. The summed E-state index contributed by atoms with van der Waals surface area (Å²) in [4.78, 5) is 28.5. The van der Waals surface area contributed by atoms with Gasteiger partial charge in [0.25, 0.3) is 10.0 Å². The predicted octanol–water partition coefficient (Wildman–Crippen LogP) is 5.26. The number of rotatable bonds is 9. The van der Waals surface area contributed by atoms with E-state index in [1.807, 2.05) is 30.3 Å². The van der Waals surface area contributed by atoms with E-state index < -0.39 is 16.1 Å². The van der Waals surface area contributed by atoms with Gasteiger partial charge in [0.2, 0.25) is 11.8 Å². The van der Waals surface area contributed by atoms with Gasteiger partial charge >= 0.3 is 0 Å². The van der Waals surface area contributed by atoms with Crippen molar-refractivity contribution in [3.63, 3.8) is 0 Å². The Kier molecular flexibility index (Phi) is 7.63. The highest BCUT2D eigenvalue weighted by atomic mass is 35.5. The summed E-state index contributed by atoms with van der Waals surface area (Å²) in [6, 6.07) is 17.5. The van der Waals surface area contributed by atoms with Crippen molar-refractivity contribution in [1.29, 1.82) is 0 Å². The standard InChI is InChI=1S/C29H32ClN3O4S/c1-20(29(35)31-24-9-2-3-10-24)32(19-21-14-16-23(30)17-15-21)27(34)13-6-18-33-25-11-4-7-22-8-5-12-26(28(22)25)38(33,36)37/h4-5,7-8,11-12,14-17,20,24H,2-3,6,9-10,13,18-19H2,1H3,(H,31,35)/t20-/m1/s1. The zero-order valence-electron chi connectivity index (χ0n) is 21.4. The lowest BCUT2D eigenvalue weighted by atomic mass is 10.1. The van der Waals surface area contributed by atoms with Crippen LogP contribution in [0.15, 0.2) is 65.6 Å². The fourth-order valence-electron chi connectivity index (χ4n) is 5.48. The molecule has 1 aliphatic carbocycles. The molecule has 1 aliphatic heterocycles. The molecule has 2 aliphatic rings. The third-order valence-corrected chi connectivity index (χ3v) is 9.68. The van der Waals surface area contributed by atoms with Gasteiger partial charge in [0, 0.05) is 36.0 Å². The molecule has 5 rings (SSSR count). The van der Waals surface area contributed by atoms with Crippen LogP contribution in [0.3, 0.4) is 0 Å². The topological polar surface area (TPSA) is 86.8 Å². The number of nitrogens with zero attached hydrogens (tertiary/aromatic N) is 2. The van der Waals surface area contributed by atoms with E-state index in [-0.39, 0.29) is 37.4 Å². The third-order valence-electron chi connectivity index (χ3n) is 7.57. The number of carbonyl (C=O) groups is 2. The van der Waals surface area contributed by atoms with E-state index in [0.29, 0.717) is 22.0 Å². The van der Waals surface area contributed by atoms with Gasteiger partial charge in [-0.1, -0.05) is 60.8 Å². The number of nitrogens with one attached hydrogen (secondary N) is 1. The van der Waals surface area contributed by atoms with E-state index in [0.717, 1.165) is 42.0 Å². The van der Waals surface area contributed by atoms with E-state index in [2.05, 4.69) is 5.32 Å². The molecule has 1 atom stereocenters. The molecule has 0 radical (unpaired) electrons. The smallest absolute Gasteiger partial charge is 0.265 e. The van der Waals surface area contributed by atoms with E-state index in [1.165, 1.54) is 4.31 Å². The lowest BCUT2D eigenvalue weighted by molar-refractivity contribution is -0.141. The fourth-order valence-corrected chi connectivity index (χ4v) is 7.35. The van der Waals surface area contributed by atoms with Crippen LogP contribution in [-0.2, 0) is 26.2 Å². The summed E-state index contributed by atoms with van der Waals surface area (Å²) in [5.74, 6) is -0.357. The van der Waals surface area contributed by atoms with Crippen LogP contribution in [0.5, 0.6) is 0 Å². The summed E-state index contributed by atoms with van der Waals surface area (Å²) in [5, 5.41) is 5.30. The first-order chi connectivity index (χ1) is 18.3. The second-order valence-electron chi connectivity index (χ2n) is 10.1. The number of anilines is 1. The van der Waals surface area contributed by atoms with Gasteiger partial charge in [0.1, 0.15) is 6.04 Å². The van der Waals surface area contributed by atoms with Crippen molar-refractivity contribution in [1.82, 2.24) is 10.2 Å². The molecule has 200 valence electrons. The maximum Gasteiger partial charge on any atom is 0.265 e. The molecule has 0 spiro atoms. The van der Waals surface area contributed by atoms with Gasteiger partial charge in [-0.25, -0.2) is 8.42 Å². The normalized spacial score (nSPS) is 17.1. The number of halogens is 1. The average molecular weight is 554 g/mol. The summed E-state index contributed by atoms with van der Waals surface area (Å²) in [6.45, 7) is 2.20. The Morgan fingerprint density at radius 3 is 2.45 bits per heavy atom. The number of hydrogen-bond donors (Lipinski definition) is 1. The molecule has 0 saturated heterocycles. The largest absolute Gasteiger partial charge is 0.352 e. The maximum absolute atomic E-state index is 13.5. The molecule has 7 nitrogen and oxygen atoms in total. The minimum Gasteiger partial charge on any atom is -0.352 e. The second kappa shape index (κ2) is 10.9. The van der Waals surface area contributed by atoms with Crippen LogP contribution in [0.1, 0.15) is 51.0 Å². The van der Waals surface area contributed by atoms with Crippen LogP contribution in [0.4, 0.5) is 5.69 Å². The molecule has 3 aromatic carbocycles. The highest BCUT2D eigenvalue weighted by Gasteiger charge is 2.35. The van der Waals surface area contributed by atoms with Crippen molar-refractivity contribution < 1.29 is 18.0 Å². The minimum absolute atomic E-state index is 0.118. The molecule has 1 heterocycles. The Balaban J connectivity index is 1.29. The Hall–Kier alpha value is -3.10. The van der Waals surface area contributed by atoms with Crippen LogP contribution in [0.25, 0.3) is 10.8 Å². The van der Waals surface area contributed by atoms with Crippen molar-refractivity contribution in [3.05, 3.63) is 71.2 Å². The quantitative estimate of drug-likeness (QED) is 0.392. The molecule has 38 heavy (non-hydrogen) atoms. The Morgan fingerprint density at radius 1 is 1.05 bits per heavy atom. The van der Waals surface area contributed by atoms with Crippen molar-refractivity contribution >= 4 is 49.9 Å². The number of amides is 2. The van der Waals surface area contributed by atoms with Crippen LogP contribution in [0.2, 0.25) is 5.02 Å². The monoisotopic (exact) mass is 553 g/mol. The molecule has 1 N–H and O–H groups in total. The van der Waals surface area contributed by atoms with Gasteiger partial charge in [-0.15, -0.1) is 0 Å². The van der Waals surface area contributed by atoms with E-state index in [4.69, 9.17) is 11.6 Å². The molecule has 1 fully saturated rings. The lowest BCUT2D eigenvalue weighted by Gasteiger charge is -2.30. The third kappa shape index (κ3) is 5.24. The summed E-state index contributed by atoms with van der Waals surface area (Å²) < 4.78 is 27.9. The van der Waals surface area contributed by atoms with Gasteiger partial charge in [0.05, 0.1) is 10.6 Å². The van der Waals surface area contributed by atoms with E-state index in [1.54, 1.807) is 42.2 Å². The molecule has 0 bridgehead atoms. The summed E-state index contributed by atoms with van der Waals surface area (Å²) in [7, 11) is -3.68. The van der Waals surface area contributed by atoms with Gasteiger partial charge < -0.3 is 10.2 Å². The highest BCUT2D eigenvalue weighted by Crippen LogP contribution is 2.42. The minimum atomic E-state index is -3.68. The summed E-state index contributed by atoms with van der Waals surface area (Å²) >= 11 is 6.04. The first-order valence-electron chi connectivity index (χ1n) is 13.1. The molecular weight excluding hydrogens is 522 g/mol. The molecule has 9 heteroatoms. The Labute approximate surface area is 228 Å². The van der Waals surface area contributed by atoms with Crippen molar-refractivity contribution in [2.75, 3.05) is 10.8 Å². The number of hydrogen-bond acceptors (Lipinski definition) is 4. The predicted molar refractivity (Wildman–Crippen MR) is 150 cm³/mol. The molecule has 2 amide bonds. The number of benzene rings is 3. The average Bonchev–Trinajstić information content (AvgIpc) is 3.49. The van der Waals surface area contributed by atoms with Crippen molar-refractivity contribution in [2.45, 2.75) is 69.0 Å². The van der Waals surface area contributed by atoms with Crippen molar-refractivity contribution in [3.8, 4) is 0 Å². The van der Waals surface area contributed by atoms with Crippen molar-refractivity contribution in [2.24, 2.45) is 0 Å². The zero-order chi connectivity index (χ0) is 26.9. The second-order valence-corrected chi connectivity index (χ2v) is 12.4. The molecule has 0 unspecified atom stereocenters. The Morgan fingerprint density at radius 2 is 1.74 bits per heavy atom. The number of sulfonamides is 1. The first kappa shape index (κ1) is 26.5. The Bertz CT molecular complexity index is 1450. The van der Waals surface area contributed by atoms with Crippen LogP contribution < -0.4 is 9.62 Å². The first-order valence-corrected chi connectivity index (χ1v) is 15.0. The van der Waals surface area contributed by atoms with Gasteiger partial charge in [-0.2, -0.15) is 0 Å². The molecule has 3 aromatic rings. The SMILES string of the molecule is C[C@H](C(=O)NC1CCCC1)N(Cc1ccc(Cl)cc1)C(=O)CCCN1c2cccc3cccc(c23)S1(=O)=O. The van der Waals surface area contributed by atoms with Crippen LogP contribution in [-0.4, -0.2) is 43.8 Å².